The van der Waals surface area contributed by atoms with E-state index in [1.54, 1.807) is 0 Å². The second kappa shape index (κ2) is 10.5. The van der Waals surface area contributed by atoms with Crippen molar-refractivity contribution in [1.82, 2.24) is 0 Å². The highest BCUT2D eigenvalue weighted by molar-refractivity contribution is 6.11. The summed E-state index contributed by atoms with van der Waals surface area (Å²) in [6, 6.07) is 25.7. The maximum Gasteiger partial charge on any atom is 0.251 e. The number of nitrogens with two attached hydrogens (primary N) is 1. The van der Waals surface area contributed by atoms with Gasteiger partial charge in [-0.1, -0.05) is 80.6 Å². The molecule has 0 unspecified atom stereocenters. The number of hydrogen-bond donors (Lipinski definition) is 1. The molecule has 1 aliphatic carbocycles. The van der Waals surface area contributed by atoms with E-state index in [1.807, 2.05) is 0 Å². The van der Waals surface area contributed by atoms with Gasteiger partial charge in [0.1, 0.15) is 0 Å². The first kappa shape index (κ1) is 25.9. The summed E-state index contributed by atoms with van der Waals surface area (Å²) in [5, 5.41) is 2.54. The molecule has 1 heterocycles. The fraction of sp³-hybridized carbons (Fsp3) is 0.242. The van der Waals surface area contributed by atoms with Gasteiger partial charge in [0.25, 0.3) is 5.91 Å². The fourth-order valence-corrected chi connectivity index (χ4v) is 6.17. The third kappa shape index (κ3) is 4.23. The Kier molecular flexibility index (Phi) is 7.18. The summed E-state index contributed by atoms with van der Waals surface area (Å²) >= 11 is 0. The lowest BCUT2D eigenvalue weighted by atomic mass is 9.90. The molecule has 38 heavy (non-hydrogen) atoms. The zero-order chi connectivity index (χ0) is 25.5. The van der Waals surface area contributed by atoms with Crippen molar-refractivity contribution in [3.8, 4) is 11.1 Å². The zero-order valence-corrected chi connectivity index (χ0v) is 22.7. The zero-order valence-electron chi connectivity index (χ0n) is 21.9. The second-order valence-corrected chi connectivity index (χ2v) is 10.1. The minimum Gasteiger partial charge on any atom is -0.367 e. The van der Waals surface area contributed by atoms with Crippen LogP contribution >= 0.6 is 12.4 Å². The molecule has 0 atom stereocenters. The number of carbonyl (C=O) groups excluding carboxylic acids is 1. The summed E-state index contributed by atoms with van der Waals surface area (Å²) in [5.74, 6) is -0.343. The first-order valence-corrected chi connectivity index (χ1v) is 13.3. The highest BCUT2D eigenvalue weighted by Crippen LogP contribution is 2.50. The number of carbonyl (C=O) groups is 1. The standard InChI is InChI=1S/C33H33N3O.ClH/c1-3-4-10-24-21-28-27-15-8-7-13-25(27)22(2)30(28)32(31(24)33(34)37)36-19-17-35(18-20-36)29-16-9-12-23-11-5-6-14-26(23)29;/h5-9,11-16,21H,2-4,10,17-20H2,1H3,(H2,34,37);1H. The van der Waals surface area contributed by atoms with E-state index in [1.165, 1.54) is 27.6 Å². The molecule has 0 bridgehead atoms. The molecule has 6 rings (SSSR count). The number of piperazine rings is 1. The van der Waals surface area contributed by atoms with Crippen molar-refractivity contribution in [1.29, 1.82) is 0 Å². The van der Waals surface area contributed by atoms with Crippen molar-refractivity contribution >= 4 is 46.0 Å². The number of nitrogens with zero attached hydrogens (tertiary/aromatic N) is 2. The van der Waals surface area contributed by atoms with Gasteiger partial charge < -0.3 is 15.5 Å². The summed E-state index contributed by atoms with van der Waals surface area (Å²) in [7, 11) is 0. The number of rotatable bonds is 6. The fourth-order valence-electron chi connectivity index (χ4n) is 6.17. The quantitative estimate of drug-likeness (QED) is 0.259. The second-order valence-electron chi connectivity index (χ2n) is 10.1. The van der Waals surface area contributed by atoms with Crippen molar-refractivity contribution in [3.63, 3.8) is 0 Å². The Morgan fingerprint density at radius 1 is 0.868 bits per heavy atom. The van der Waals surface area contributed by atoms with Crippen molar-refractivity contribution in [3.05, 3.63) is 102 Å². The van der Waals surface area contributed by atoms with Crippen LogP contribution in [0, 0.1) is 0 Å². The molecule has 2 N–H and O–H groups in total. The number of amides is 1. The van der Waals surface area contributed by atoms with E-state index >= 15 is 0 Å². The van der Waals surface area contributed by atoms with Crippen molar-refractivity contribution in [2.24, 2.45) is 5.73 Å². The van der Waals surface area contributed by atoms with Gasteiger partial charge >= 0.3 is 0 Å². The number of benzene rings is 4. The van der Waals surface area contributed by atoms with Crippen LogP contribution in [0.1, 0.15) is 46.8 Å². The van der Waals surface area contributed by atoms with Crippen LogP contribution in [0.2, 0.25) is 0 Å². The molecule has 5 heteroatoms. The predicted molar refractivity (Wildman–Crippen MR) is 163 cm³/mol. The van der Waals surface area contributed by atoms with Crippen LogP contribution in [-0.2, 0) is 6.42 Å². The largest absolute Gasteiger partial charge is 0.367 e. The van der Waals surface area contributed by atoms with Gasteiger partial charge in [-0.05, 0) is 58.2 Å². The molecular formula is C33H34ClN3O. The Balaban J connectivity index is 0.00000294. The minimum atomic E-state index is -0.343. The molecule has 1 saturated heterocycles. The summed E-state index contributed by atoms with van der Waals surface area (Å²) in [6.45, 7) is 10.1. The van der Waals surface area contributed by atoms with E-state index in [0.717, 1.165) is 73.4 Å². The first-order chi connectivity index (χ1) is 18.1. The molecule has 4 nitrogen and oxygen atoms in total. The number of unbranched alkanes of at least 4 members (excludes halogenated alkanes) is 1. The van der Waals surface area contributed by atoms with Crippen molar-refractivity contribution in [2.45, 2.75) is 26.2 Å². The average molecular weight is 524 g/mol. The smallest absolute Gasteiger partial charge is 0.251 e. The van der Waals surface area contributed by atoms with E-state index in [4.69, 9.17) is 5.73 Å². The summed E-state index contributed by atoms with van der Waals surface area (Å²) in [5.41, 5.74) is 15.7. The van der Waals surface area contributed by atoms with E-state index in [9.17, 15) is 4.79 Å². The van der Waals surface area contributed by atoms with Crippen LogP contribution in [0.3, 0.4) is 0 Å². The predicted octanol–water partition coefficient (Wildman–Crippen LogP) is 7.07. The van der Waals surface area contributed by atoms with Gasteiger partial charge in [0.05, 0.1) is 11.3 Å². The lowest BCUT2D eigenvalue weighted by Crippen LogP contribution is -2.47. The van der Waals surface area contributed by atoms with Crippen LogP contribution in [0.5, 0.6) is 0 Å². The third-order valence-corrected chi connectivity index (χ3v) is 7.98. The van der Waals surface area contributed by atoms with Gasteiger partial charge in [-0.2, -0.15) is 0 Å². The summed E-state index contributed by atoms with van der Waals surface area (Å²) < 4.78 is 0. The Hall–Kier alpha value is -3.76. The van der Waals surface area contributed by atoms with Gasteiger partial charge in [-0.3, -0.25) is 4.79 Å². The van der Waals surface area contributed by atoms with Crippen LogP contribution < -0.4 is 15.5 Å². The van der Waals surface area contributed by atoms with E-state index in [0.29, 0.717) is 5.56 Å². The van der Waals surface area contributed by atoms with Crippen molar-refractivity contribution in [2.75, 3.05) is 36.0 Å². The van der Waals surface area contributed by atoms with Gasteiger partial charge in [0, 0.05) is 42.8 Å². The van der Waals surface area contributed by atoms with Gasteiger partial charge in [0.15, 0.2) is 0 Å². The topological polar surface area (TPSA) is 49.6 Å². The molecule has 194 valence electrons. The van der Waals surface area contributed by atoms with E-state index in [-0.39, 0.29) is 18.3 Å². The molecule has 0 spiro atoms. The molecule has 0 aromatic heterocycles. The molecule has 0 radical (unpaired) electrons. The minimum absolute atomic E-state index is 0. The van der Waals surface area contributed by atoms with E-state index in [2.05, 4.69) is 96.1 Å². The summed E-state index contributed by atoms with van der Waals surface area (Å²) in [6.07, 6.45) is 2.94. The number of fused-ring (bicyclic) bond motifs is 4. The number of primary amides is 1. The molecule has 4 aromatic carbocycles. The molecule has 0 saturated carbocycles. The Morgan fingerprint density at radius 3 is 2.26 bits per heavy atom. The average Bonchev–Trinajstić information content (AvgIpc) is 3.22. The third-order valence-electron chi connectivity index (χ3n) is 7.98. The molecular weight excluding hydrogens is 490 g/mol. The molecule has 1 amide bonds. The SMILES string of the molecule is C=C1c2ccccc2-c2cc(CCCC)c(C(N)=O)c(N3CCN(c4cccc5ccccc45)CC3)c21.Cl. The Labute approximate surface area is 231 Å². The maximum absolute atomic E-state index is 13.0. The van der Waals surface area contributed by atoms with Gasteiger partial charge in [-0.25, -0.2) is 0 Å². The lowest BCUT2D eigenvalue weighted by molar-refractivity contribution is 0.0999. The summed E-state index contributed by atoms with van der Waals surface area (Å²) in [4.78, 5) is 17.9. The van der Waals surface area contributed by atoms with Crippen LogP contribution in [-0.4, -0.2) is 32.1 Å². The maximum atomic E-state index is 13.0. The Morgan fingerprint density at radius 2 is 1.53 bits per heavy atom. The highest BCUT2D eigenvalue weighted by atomic mass is 35.5. The number of hydrogen-bond acceptors (Lipinski definition) is 3. The number of aryl methyl sites for hydroxylation is 1. The number of halogens is 1. The van der Waals surface area contributed by atoms with Crippen LogP contribution in [0.25, 0.3) is 27.5 Å². The van der Waals surface area contributed by atoms with Gasteiger partial charge in [-0.15, -0.1) is 12.4 Å². The van der Waals surface area contributed by atoms with E-state index < -0.39 is 0 Å². The lowest BCUT2D eigenvalue weighted by Gasteiger charge is -2.39. The number of anilines is 2. The molecule has 1 aliphatic heterocycles. The Bertz CT molecular complexity index is 1530. The van der Waals surface area contributed by atoms with Crippen molar-refractivity contribution < 1.29 is 4.79 Å². The van der Waals surface area contributed by atoms with Crippen LogP contribution in [0.15, 0.2) is 79.4 Å². The monoisotopic (exact) mass is 523 g/mol. The molecule has 1 fully saturated rings. The normalized spacial score (nSPS) is 14.3. The first-order valence-electron chi connectivity index (χ1n) is 13.3. The molecule has 2 aliphatic rings. The highest BCUT2D eigenvalue weighted by Gasteiger charge is 2.33. The van der Waals surface area contributed by atoms with Crippen LogP contribution in [0.4, 0.5) is 11.4 Å². The molecule has 4 aromatic rings. The van der Waals surface area contributed by atoms with Gasteiger partial charge in [0.2, 0.25) is 0 Å².